The summed E-state index contributed by atoms with van der Waals surface area (Å²) in [6.45, 7) is 6.74. The molecule has 0 atom stereocenters. The van der Waals surface area contributed by atoms with Gasteiger partial charge in [-0.05, 0) is 68.4 Å². The second kappa shape index (κ2) is 7.66. The van der Waals surface area contributed by atoms with Crippen molar-refractivity contribution < 1.29 is 0 Å². The lowest BCUT2D eigenvalue weighted by molar-refractivity contribution is 0.859. The summed E-state index contributed by atoms with van der Waals surface area (Å²) in [5.74, 6) is 1.46. The maximum atomic E-state index is 5.37. The van der Waals surface area contributed by atoms with Crippen LogP contribution in [0.3, 0.4) is 0 Å². The Morgan fingerprint density at radius 2 is 1.36 bits per heavy atom. The molecule has 0 aliphatic heterocycles. The van der Waals surface area contributed by atoms with Gasteiger partial charge in [0.1, 0.15) is 5.82 Å². The van der Waals surface area contributed by atoms with E-state index in [1.54, 1.807) is 0 Å². The van der Waals surface area contributed by atoms with Crippen molar-refractivity contribution in [2.24, 2.45) is 7.05 Å². The van der Waals surface area contributed by atoms with Crippen molar-refractivity contribution in [3.05, 3.63) is 102 Å². The minimum atomic E-state index is 0.420. The summed E-state index contributed by atoms with van der Waals surface area (Å²) in [7, 11) is 2.18. The van der Waals surface area contributed by atoms with Gasteiger partial charge in [0.2, 0.25) is 0 Å². The molecular weight excluding hydrogens is 436 g/mol. The number of hydrogen-bond donors (Lipinski definition) is 0. The predicted molar refractivity (Wildman–Crippen MR) is 155 cm³/mol. The van der Waals surface area contributed by atoms with E-state index in [4.69, 9.17) is 4.98 Å². The van der Waals surface area contributed by atoms with E-state index in [9.17, 15) is 0 Å². The maximum absolute atomic E-state index is 5.37. The summed E-state index contributed by atoms with van der Waals surface area (Å²) in [4.78, 5) is 5.37. The first-order valence-electron chi connectivity index (χ1n) is 12.7. The lowest BCUT2D eigenvalue weighted by Gasteiger charge is -2.15. The zero-order valence-corrected chi connectivity index (χ0v) is 21.1. The second-order valence-corrected chi connectivity index (χ2v) is 10.3. The molecule has 7 aromatic rings. The van der Waals surface area contributed by atoms with Gasteiger partial charge < -0.3 is 4.57 Å². The Hall–Kier alpha value is -4.17. The lowest BCUT2D eigenvalue weighted by Crippen LogP contribution is -2.00. The third kappa shape index (κ3) is 2.88. The zero-order chi connectivity index (χ0) is 24.6. The summed E-state index contributed by atoms with van der Waals surface area (Å²) in [6, 6.07) is 33.3. The maximum Gasteiger partial charge on any atom is 0.141 e. The largest absolute Gasteiger partial charge is 0.327 e. The van der Waals surface area contributed by atoms with Gasteiger partial charge in [0.05, 0.1) is 11.0 Å². The van der Waals surface area contributed by atoms with Gasteiger partial charge in [-0.2, -0.15) is 0 Å². The highest BCUT2D eigenvalue weighted by atomic mass is 15.1. The highest BCUT2D eigenvalue weighted by Crippen LogP contribution is 2.41. The fourth-order valence-corrected chi connectivity index (χ4v) is 6.09. The number of aryl methyl sites for hydroxylation is 2. The molecule has 0 N–H and O–H groups in total. The van der Waals surface area contributed by atoms with Crippen LogP contribution in [0.1, 0.15) is 30.9 Å². The first-order chi connectivity index (χ1) is 17.5. The monoisotopic (exact) mass is 464 g/mol. The minimum Gasteiger partial charge on any atom is -0.327 e. The fourth-order valence-electron chi connectivity index (χ4n) is 6.09. The number of nitrogens with zero attached hydrogens (tertiary/aromatic N) is 2. The van der Waals surface area contributed by atoms with Gasteiger partial charge in [0, 0.05) is 23.4 Å². The zero-order valence-electron chi connectivity index (χ0n) is 21.1. The average molecular weight is 465 g/mol. The number of benzene rings is 6. The van der Waals surface area contributed by atoms with Gasteiger partial charge in [-0.3, -0.25) is 0 Å². The summed E-state index contributed by atoms with van der Waals surface area (Å²) in [5, 5.41) is 10.1. The number of rotatable bonds is 2. The second-order valence-electron chi connectivity index (χ2n) is 10.3. The molecule has 174 valence electrons. The molecule has 6 aromatic carbocycles. The van der Waals surface area contributed by atoms with Crippen molar-refractivity contribution in [3.63, 3.8) is 0 Å². The molecular formula is C34H28N2. The molecule has 0 saturated heterocycles. The van der Waals surface area contributed by atoms with E-state index in [-0.39, 0.29) is 0 Å². The molecule has 1 heterocycles. The molecule has 7 rings (SSSR count). The molecule has 0 saturated carbocycles. The van der Waals surface area contributed by atoms with Crippen LogP contribution in [0.4, 0.5) is 0 Å². The van der Waals surface area contributed by atoms with Gasteiger partial charge in [0.15, 0.2) is 0 Å². The van der Waals surface area contributed by atoms with Crippen LogP contribution in [0, 0.1) is 6.92 Å². The van der Waals surface area contributed by atoms with Gasteiger partial charge in [-0.15, -0.1) is 0 Å². The number of hydrogen-bond acceptors (Lipinski definition) is 1. The molecule has 0 spiro atoms. The first kappa shape index (κ1) is 21.1. The van der Waals surface area contributed by atoms with E-state index in [1.165, 1.54) is 65.3 Å². The van der Waals surface area contributed by atoms with E-state index in [2.05, 4.69) is 123 Å². The van der Waals surface area contributed by atoms with E-state index < -0.39 is 0 Å². The van der Waals surface area contributed by atoms with Crippen LogP contribution < -0.4 is 0 Å². The fraction of sp³-hybridized carbons (Fsp3) is 0.147. The van der Waals surface area contributed by atoms with Crippen molar-refractivity contribution >= 4 is 54.1 Å². The van der Waals surface area contributed by atoms with Crippen LogP contribution in [0.2, 0.25) is 0 Å². The highest BCUT2D eigenvalue weighted by Gasteiger charge is 2.21. The summed E-state index contributed by atoms with van der Waals surface area (Å²) >= 11 is 0. The topological polar surface area (TPSA) is 17.8 Å². The third-order valence-corrected chi connectivity index (χ3v) is 7.86. The van der Waals surface area contributed by atoms with Crippen molar-refractivity contribution in [2.75, 3.05) is 0 Å². The minimum absolute atomic E-state index is 0.420. The molecule has 2 heteroatoms. The Kier molecular flexibility index (Phi) is 4.50. The van der Waals surface area contributed by atoms with Crippen LogP contribution in [0.15, 0.2) is 91.0 Å². The van der Waals surface area contributed by atoms with Crippen molar-refractivity contribution in [2.45, 2.75) is 26.7 Å². The summed E-state index contributed by atoms with van der Waals surface area (Å²) in [5.41, 5.74) is 6.15. The Morgan fingerprint density at radius 3 is 2.17 bits per heavy atom. The van der Waals surface area contributed by atoms with E-state index >= 15 is 0 Å². The molecule has 1 aromatic heterocycles. The van der Waals surface area contributed by atoms with Gasteiger partial charge in [-0.1, -0.05) is 92.7 Å². The Bertz CT molecular complexity index is 1990. The molecule has 0 fully saturated rings. The smallest absolute Gasteiger partial charge is 0.141 e. The van der Waals surface area contributed by atoms with Crippen LogP contribution in [-0.4, -0.2) is 9.55 Å². The molecule has 0 aliphatic rings. The van der Waals surface area contributed by atoms with E-state index in [1.807, 2.05) is 0 Å². The van der Waals surface area contributed by atoms with Crippen LogP contribution >= 0.6 is 0 Å². The molecule has 0 unspecified atom stereocenters. The van der Waals surface area contributed by atoms with Crippen molar-refractivity contribution in [1.29, 1.82) is 0 Å². The molecule has 0 radical (unpaired) electrons. The quantitative estimate of drug-likeness (QED) is 0.184. The predicted octanol–water partition coefficient (Wildman–Crippen LogP) is 9.28. The van der Waals surface area contributed by atoms with Crippen molar-refractivity contribution in [1.82, 2.24) is 9.55 Å². The van der Waals surface area contributed by atoms with Crippen LogP contribution in [0.25, 0.3) is 65.5 Å². The van der Waals surface area contributed by atoms with Gasteiger partial charge >= 0.3 is 0 Å². The summed E-state index contributed by atoms with van der Waals surface area (Å²) in [6.07, 6.45) is 0. The average Bonchev–Trinajstić information content (AvgIpc) is 3.24. The highest BCUT2D eigenvalue weighted by molar-refractivity contribution is 6.27. The Balaban J connectivity index is 1.70. The number of fused-ring (bicyclic) bond motifs is 9. The molecule has 0 bridgehead atoms. The summed E-state index contributed by atoms with van der Waals surface area (Å²) < 4.78 is 2.33. The van der Waals surface area contributed by atoms with Gasteiger partial charge in [-0.25, -0.2) is 4.98 Å². The van der Waals surface area contributed by atoms with E-state index in [0.29, 0.717) is 5.92 Å². The van der Waals surface area contributed by atoms with Crippen LogP contribution in [-0.2, 0) is 7.05 Å². The first-order valence-corrected chi connectivity index (χ1v) is 12.7. The molecule has 0 amide bonds. The standard InChI is InChI=1S/C34H28N2/c1-20(2)24-15-9-10-21(3)31(24)34-35-32-27-14-8-7-13-26(27)29-18-23-17-16-22-11-5-6-12-25(22)28(23)19-30(29)33(32)36(34)4/h5-20H,1-4H3. The molecule has 2 nitrogen and oxygen atoms in total. The van der Waals surface area contributed by atoms with Crippen molar-refractivity contribution in [3.8, 4) is 11.4 Å². The van der Waals surface area contributed by atoms with Gasteiger partial charge in [0.25, 0.3) is 0 Å². The molecule has 0 aliphatic carbocycles. The lowest BCUT2D eigenvalue weighted by atomic mass is 9.93. The number of imidazole rings is 1. The molecule has 36 heavy (non-hydrogen) atoms. The third-order valence-electron chi connectivity index (χ3n) is 7.86. The van der Waals surface area contributed by atoms with E-state index in [0.717, 1.165) is 11.3 Å². The number of aromatic nitrogens is 2. The normalized spacial score (nSPS) is 12.1. The Labute approximate surface area is 210 Å². The SMILES string of the molecule is Cc1cccc(C(C)C)c1-c1nc2c3ccccc3c3cc4ccc5ccccc5c4cc3c2n1C. The van der Waals surface area contributed by atoms with Crippen LogP contribution in [0.5, 0.6) is 0 Å². The Morgan fingerprint density at radius 1 is 0.639 bits per heavy atom.